The maximum Gasteiger partial charge on any atom is 0.182 e. The highest BCUT2D eigenvalue weighted by Crippen LogP contribution is 2.41. The van der Waals surface area contributed by atoms with Crippen molar-refractivity contribution in [2.75, 3.05) is 0 Å². The van der Waals surface area contributed by atoms with E-state index in [1.165, 1.54) is 10.8 Å². The fraction of sp³-hybridized carbons (Fsp3) is 0. The Morgan fingerprint density at radius 3 is 1.64 bits per heavy atom. The second-order valence-corrected chi connectivity index (χ2v) is 14.3. The monoisotopic (exact) mass is 717 g/mol. The van der Waals surface area contributed by atoms with E-state index in [4.69, 9.17) is 14.5 Å². The Balaban J connectivity index is 1.14. The number of aromatic nitrogens is 5. The van der Waals surface area contributed by atoms with Gasteiger partial charge >= 0.3 is 0 Å². The molecule has 4 heterocycles. The summed E-state index contributed by atoms with van der Waals surface area (Å²) in [7, 11) is 0. The number of fused-ring (bicyclic) bond motifs is 9. The molecule has 0 atom stereocenters. The molecule has 0 spiro atoms. The Kier molecular flexibility index (Phi) is 6.53. The van der Waals surface area contributed by atoms with Crippen LogP contribution in [-0.2, 0) is 0 Å². The standard InChI is InChI=1S/C50H31N5O/c1-3-15-32(16-4-1)49-51-50(33-17-5-2-6-18-33)55(52-49)34-27-28-37-35-19-7-10-22-41(35)53(45(37)29-34)43-24-12-13-25-44(43)54-42-23-11-8-20-36(42)39-31-48-40(30-46(39)54)38-21-9-14-26-47(38)56-48/h1-31H. The minimum Gasteiger partial charge on any atom is -0.456 e. The summed E-state index contributed by atoms with van der Waals surface area (Å²) < 4.78 is 13.2. The second kappa shape index (κ2) is 11.9. The molecule has 6 nitrogen and oxygen atoms in total. The number of hydrogen-bond acceptors (Lipinski definition) is 3. The van der Waals surface area contributed by atoms with Crippen LogP contribution < -0.4 is 0 Å². The van der Waals surface area contributed by atoms with Gasteiger partial charge in [0.15, 0.2) is 11.6 Å². The third-order valence-electron chi connectivity index (χ3n) is 11.1. The molecular weight excluding hydrogens is 687 g/mol. The topological polar surface area (TPSA) is 53.7 Å². The van der Waals surface area contributed by atoms with Gasteiger partial charge in [0.1, 0.15) is 11.2 Å². The molecule has 0 aliphatic rings. The van der Waals surface area contributed by atoms with Crippen molar-refractivity contribution in [1.82, 2.24) is 23.9 Å². The van der Waals surface area contributed by atoms with Crippen LogP contribution >= 0.6 is 0 Å². The van der Waals surface area contributed by atoms with Crippen molar-refractivity contribution in [2.24, 2.45) is 0 Å². The average molecular weight is 718 g/mol. The van der Waals surface area contributed by atoms with Crippen molar-refractivity contribution < 1.29 is 4.42 Å². The zero-order chi connectivity index (χ0) is 36.7. The van der Waals surface area contributed by atoms with Crippen LogP contribution in [0.5, 0.6) is 0 Å². The van der Waals surface area contributed by atoms with Gasteiger partial charge in [-0.3, -0.25) is 0 Å². The van der Waals surface area contributed by atoms with Crippen molar-refractivity contribution in [3.05, 3.63) is 188 Å². The summed E-state index contributed by atoms with van der Waals surface area (Å²) in [6.45, 7) is 0. The first-order chi connectivity index (χ1) is 27.8. The van der Waals surface area contributed by atoms with Crippen molar-refractivity contribution in [3.63, 3.8) is 0 Å². The predicted octanol–water partition coefficient (Wildman–Crippen LogP) is 12.7. The molecule has 12 aromatic rings. The van der Waals surface area contributed by atoms with E-state index in [1.54, 1.807) is 0 Å². The number of hydrogen-bond donors (Lipinski definition) is 0. The first-order valence-corrected chi connectivity index (χ1v) is 18.8. The zero-order valence-corrected chi connectivity index (χ0v) is 30.0. The third kappa shape index (κ3) is 4.50. The Morgan fingerprint density at radius 1 is 0.375 bits per heavy atom. The third-order valence-corrected chi connectivity index (χ3v) is 11.1. The van der Waals surface area contributed by atoms with Crippen LogP contribution in [-0.4, -0.2) is 23.9 Å². The molecule has 0 unspecified atom stereocenters. The largest absolute Gasteiger partial charge is 0.456 e. The summed E-state index contributed by atoms with van der Waals surface area (Å²) in [5.41, 5.74) is 11.3. The zero-order valence-electron chi connectivity index (χ0n) is 30.0. The van der Waals surface area contributed by atoms with E-state index >= 15 is 0 Å². The Hall–Kier alpha value is -7.70. The van der Waals surface area contributed by atoms with Gasteiger partial charge < -0.3 is 13.6 Å². The number of furan rings is 1. The highest BCUT2D eigenvalue weighted by Gasteiger charge is 2.22. The molecule has 0 bridgehead atoms. The molecule has 0 fully saturated rings. The van der Waals surface area contributed by atoms with Gasteiger partial charge in [-0.1, -0.05) is 133 Å². The van der Waals surface area contributed by atoms with Crippen LogP contribution in [0.15, 0.2) is 192 Å². The fourth-order valence-corrected chi connectivity index (χ4v) is 8.61. The van der Waals surface area contributed by atoms with E-state index in [9.17, 15) is 0 Å². The minimum atomic E-state index is 0.682. The lowest BCUT2D eigenvalue weighted by Gasteiger charge is -2.17. The Morgan fingerprint density at radius 2 is 0.929 bits per heavy atom. The maximum absolute atomic E-state index is 6.39. The summed E-state index contributed by atoms with van der Waals surface area (Å²) in [5, 5.41) is 12.0. The molecule has 0 saturated heterocycles. The van der Waals surface area contributed by atoms with Crippen LogP contribution in [0.1, 0.15) is 0 Å². The van der Waals surface area contributed by atoms with E-state index in [-0.39, 0.29) is 0 Å². The van der Waals surface area contributed by atoms with Gasteiger partial charge in [-0.2, -0.15) is 0 Å². The van der Waals surface area contributed by atoms with E-state index in [0.29, 0.717) is 5.82 Å². The summed E-state index contributed by atoms with van der Waals surface area (Å²) >= 11 is 0. The molecule has 0 amide bonds. The van der Waals surface area contributed by atoms with Gasteiger partial charge in [0.2, 0.25) is 0 Å². The van der Waals surface area contributed by atoms with E-state index in [2.05, 4.69) is 149 Å². The minimum absolute atomic E-state index is 0.682. The SMILES string of the molecule is c1ccc(-c2nc(-c3ccccc3)n(-c3ccc4c5ccccc5n(-c5ccccc5-n5c6ccccc6c6cc7oc8ccccc8c7cc65)c4c3)n2)cc1. The molecule has 8 aromatic carbocycles. The molecule has 0 N–H and O–H groups in total. The van der Waals surface area contributed by atoms with Gasteiger partial charge in [0.25, 0.3) is 0 Å². The first-order valence-electron chi connectivity index (χ1n) is 18.8. The number of para-hydroxylation sites is 5. The molecule has 0 aliphatic carbocycles. The maximum atomic E-state index is 6.39. The molecule has 4 aromatic heterocycles. The second-order valence-electron chi connectivity index (χ2n) is 14.3. The van der Waals surface area contributed by atoms with Gasteiger partial charge in [-0.15, -0.1) is 5.10 Å². The first kappa shape index (κ1) is 30.7. The van der Waals surface area contributed by atoms with Gasteiger partial charge in [-0.25, -0.2) is 9.67 Å². The summed E-state index contributed by atoms with van der Waals surface area (Å²) in [6.07, 6.45) is 0. The van der Waals surface area contributed by atoms with Gasteiger partial charge in [0.05, 0.1) is 39.1 Å². The average Bonchev–Trinajstić information content (AvgIpc) is 4.03. The summed E-state index contributed by atoms with van der Waals surface area (Å²) in [5.74, 6) is 1.47. The van der Waals surface area contributed by atoms with Crippen molar-refractivity contribution >= 4 is 65.6 Å². The molecule has 12 rings (SSSR count). The molecule has 56 heavy (non-hydrogen) atoms. The molecule has 0 saturated carbocycles. The Labute approximate surface area is 320 Å². The van der Waals surface area contributed by atoms with Crippen LogP contribution in [0.4, 0.5) is 0 Å². The van der Waals surface area contributed by atoms with Crippen LogP contribution in [0.3, 0.4) is 0 Å². The van der Waals surface area contributed by atoms with Crippen molar-refractivity contribution in [2.45, 2.75) is 0 Å². The van der Waals surface area contributed by atoms with Gasteiger partial charge in [0, 0.05) is 43.4 Å². The van der Waals surface area contributed by atoms with Crippen LogP contribution in [0.25, 0.3) is 105 Å². The lowest BCUT2D eigenvalue weighted by molar-refractivity contribution is 0.669. The fourth-order valence-electron chi connectivity index (χ4n) is 8.61. The number of nitrogens with zero attached hydrogens (tertiary/aromatic N) is 5. The van der Waals surface area contributed by atoms with Crippen molar-refractivity contribution in [1.29, 1.82) is 0 Å². The van der Waals surface area contributed by atoms with Gasteiger partial charge in [-0.05, 0) is 54.6 Å². The summed E-state index contributed by atoms with van der Waals surface area (Å²) in [4.78, 5) is 5.11. The van der Waals surface area contributed by atoms with E-state index < -0.39 is 0 Å². The Bertz CT molecular complexity index is 3480. The highest BCUT2D eigenvalue weighted by molar-refractivity contribution is 6.17. The quantitative estimate of drug-likeness (QED) is 0.178. The van der Waals surface area contributed by atoms with Crippen LogP contribution in [0.2, 0.25) is 0 Å². The molecule has 0 aliphatic heterocycles. The predicted molar refractivity (Wildman–Crippen MR) is 228 cm³/mol. The summed E-state index contributed by atoms with van der Waals surface area (Å²) in [6, 6.07) is 66.0. The highest BCUT2D eigenvalue weighted by atomic mass is 16.3. The normalized spacial score (nSPS) is 11.9. The van der Waals surface area contributed by atoms with E-state index in [0.717, 1.165) is 88.8 Å². The number of rotatable bonds is 5. The number of benzene rings is 8. The molecular formula is C50H31N5O. The smallest absolute Gasteiger partial charge is 0.182 e. The lowest BCUT2D eigenvalue weighted by atomic mass is 10.1. The lowest BCUT2D eigenvalue weighted by Crippen LogP contribution is -2.04. The molecule has 6 heteroatoms. The molecule has 262 valence electrons. The molecule has 0 radical (unpaired) electrons. The van der Waals surface area contributed by atoms with E-state index in [1.807, 2.05) is 53.2 Å². The van der Waals surface area contributed by atoms with Crippen molar-refractivity contribution in [3.8, 4) is 39.8 Å². The van der Waals surface area contributed by atoms with Crippen LogP contribution in [0, 0.1) is 0 Å².